The minimum Gasteiger partial charge on any atom is -0.305 e. The summed E-state index contributed by atoms with van der Waals surface area (Å²) in [5, 5.41) is 0.705. The second-order valence-electron chi connectivity index (χ2n) is 5.62. The van der Waals surface area contributed by atoms with Crippen molar-refractivity contribution in [3.8, 4) is 0 Å². The molecule has 5 nitrogen and oxygen atoms in total. The molecule has 0 fully saturated rings. The van der Waals surface area contributed by atoms with Crippen molar-refractivity contribution in [1.29, 1.82) is 0 Å². The summed E-state index contributed by atoms with van der Waals surface area (Å²) in [5.41, 5.74) is 1.98. The van der Waals surface area contributed by atoms with E-state index in [9.17, 15) is 9.59 Å². The highest BCUT2D eigenvalue weighted by Crippen LogP contribution is 2.32. The molecule has 0 radical (unpaired) electrons. The zero-order chi connectivity index (χ0) is 15.3. The summed E-state index contributed by atoms with van der Waals surface area (Å²) in [6.07, 6.45) is 2.25. The number of thioether (sulfide) groups is 1. The maximum Gasteiger partial charge on any atom is 0.267 e. The number of anilines is 1. The largest absolute Gasteiger partial charge is 0.305 e. The summed E-state index contributed by atoms with van der Waals surface area (Å²) in [6.45, 7) is 2.63. The van der Waals surface area contributed by atoms with Gasteiger partial charge in [0, 0.05) is 30.2 Å². The van der Waals surface area contributed by atoms with Crippen LogP contribution in [0.3, 0.4) is 0 Å². The maximum absolute atomic E-state index is 12.9. The van der Waals surface area contributed by atoms with Crippen LogP contribution in [0.25, 0.3) is 0 Å². The number of nitrogens with zero attached hydrogens (tertiary/aromatic N) is 3. The van der Waals surface area contributed by atoms with Crippen molar-refractivity contribution in [2.45, 2.75) is 31.1 Å². The molecule has 4 rings (SSSR count). The van der Waals surface area contributed by atoms with Crippen LogP contribution in [0.5, 0.6) is 0 Å². The van der Waals surface area contributed by atoms with E-state index in [4.69, 9.17) is 0 Å². The van der Waals surface area contributed by atoms with Gasteiger partial charge in [-0.15, -0.1) is 0 Å². The van der Waals surface area contributed by atoms with Gasteiger partial charge < -0.3 is 4.90 Å². The number of fused-ring (bicyclic) bond motifs is 2. The van der Waals surface area contributed by atoms with Gasteiger partial charge in [0.1, 0.15) is 5.56 Å². The van der Waals surface area contributed by atoms with E-state index in [1.54, 1.807) is 21.2 Å². The molecule has 0 aliphatic carbocycles. The number of hydrogen-bond donors (Lipinski definition) is 0. The zero-order valence-corrected chi connectivity index (χ0v) is 13.0. The van der Waals surface area contributed by atoms with Crippen molar-refractivity contribution in [1.82, 2.24) is 9.55 Å². The molecule has 112 valence electrons. The first-order valence-corrected chi connectivity index (χ1v) is 8.29. The molecule has 2 aliphatic rings. The lowest BCUT2D eigenvalue weighted by Gasteiger charge is -2.22. The Morgan fingerprint density at radius 1 is 1.36 bits per heavy atom. The van der Waals surface area contributed by atoms with Gasteiger partial charge in [0.15, 0.2) is 5.16 Å². The predicted octanol–water partition coefficient (Wildman–Crippen LogP) is 1.94. The molecular formula is C16H15N3O2S. The Balaban J connectivity index is 1.79. The number of carbonyl (C=O) groups is 1. The first-order chi connectivity index (χ1) is 10.7. The molecule has 0 spiro atoms. The van der Waals surface area contributed by atoms with E-state index >= 15 is 0 Å². The second kappa shape index (κ2) is 4.98. The Morgan fingerprint density at radius 2 is 2.18 bits per heavy atom. The molecule has 1 aromatic heterocycles. The number of aromatic nitrogens is 2. The van der Waals surface area contributed by atoms with Crippen molar-refractivity contribution in [3.05, 3.63) is 51.9 Å². The van der Waals surface area contributed by atoms with Crippen molar-refractivity contribution in [2.24, 2.45) is 0 Å². The summed E-state index contributed by atoms with van der Waals surface area (Å²) in [7, 11) is 0. The number of rotatable bonds is 1. The van der Waals surface area contributed by atoms with E-state index in [1.807, 2.05) is 31.2 Å². The third-order valence-corrected chi connectivity index (χ3v) is 5.18. The monoisotopic (exact) mass is 313 g/mol. The first-order valence-electron chi connectivity index (χ1n) is 7.31. The van der Waals surface area contributed by atoms with Crippen LogP contribution in [0.1, 0.15) is 22.8 Å². The lowest BCUT2D eigenvalue weighted by molar-refractivity contribution is 0.0978. The Kier molecular flexibility index (Phi) is 3.07. The van der Waals surface area contributed by atoms with Gasteiger partial charge in [-0.2, -0.15) is 0 Å². The highest BCUT2D eigenvalue weighted by atomic mass is 32.2. The van der Waals surface area contributed by atoms with Gasteiger partial charge in [0.2, 0.25) is 0 Å². The quantitative estimate of drug-likeness (QED) is 0.755. The molecule has 0 unspecified atom stereocenters. The first kappa shape index (κ1) is 13.6. The van der Waals surface area contributed by atoms with Crippen molar-refractivity contribution >= 4 is 23.4 Å². The van der Waals surface area contributed by atoms with Crippen LogP contribution in [-0.2, 0) is 13.0 Å². The number of carbonyl (C=O) groups excluding carboxylic acids is 1. The van der Waals surface area contributed by atoms with Crippen LogP contribution in [-0.4, -0.2) is 27.3 Å². The molecule has 6 heteroatoms. The van der Waals surface area contributed by atoms with Gasteiger partial charge in [-0.25, -0.2) is 4.98 Å². The predicted molar refractivity (Wildman–Crippen MR) is 85.6 cm³/mol. The molecule has 22 heavy (non-hydrogen) atoms. The third-order valence-electron chi connectivity index (χ3n) is 4.21. The Hall–Kier alpha value is -2.08. The van der Waals surface area contributed by atoms with Crippen LogP contribution in [0.4, 0.5) is 5.69 Å². The van der Waals surface area contributed by atoms with E-state index < -0.39 is 0 Å². The van der Waals surface area contributed by atoms with Crippen molar-refractivity contribution in [3.63, 3.8) is 0 Å². The Morgan fingerprint density at radius 3 is 3.05 bits per heavy atom. The van der Waals surface area contributed by atoms with Gasteiger partial charge in [0.05, 0.1) is 0 Å². The van der Waals surface area contributed by atoms with Gasteiger partial charge in [0.25, 0.3) is 11.5 Å². The van der Waals surface area contributed by atoms with Crippen LogP contribution >= 0.6 is 11.8 Å². The normalized spacial score (nSPS) is 19.1. The molecular weight excluding hydrogens is 298 g/mol. The number of amides is 1. The number of para-hydroxylation sites is 1. The second-order valence-corrected chi connectivity index (χ2v) is 6.68. The fourth-order valence-electron chi connectivity index (χ4n) is 3.17. The average molecular weight is 313 g/mol. The van der Waals surface area contributed by atoms with Crippen molar-refractivity contribution < 1.29 is 4.79 Å². The minimum absolute atomic E-state index is 0.0527. The maximum atomic E-state index is 12.9. The zero-order valence-electron chi connectivity index (χ0n) is 12.2. The van der Waals surface area contributed by atoms with E-state index in [0.29, 0.717) is 11.7 Å². The lowest BCUT2D eigenvalue weighted by Crippen LogP contribution is -2.40. The molecule has 2 aromatic rings. The lowest BCUT2D eigenvalue weighted by atomic mass is 10.1. The van der Waals surface area contributed by atoms with Crippen LogP contribution < -0.4 is 10.5 Å². The van der Waals surface area contributed by atoms with Crippen LogP contribution in [0.2, 0.25) is 0 Å². The van der Waals surface area contributed by atoms with E-state index in [0.717, 1.165) is 23.4 Å². The number of hydrogen-bond acceptors (Lipinski definition) is 4. The Bertz CT molecular complexity index is 830. The van der Waals surface area contributed by atoms with Gasteiger partial charge in [-0.05, 0) is 25.0 Å². The molecule has 0 N–H and O–H groups in total. The fourth-order valence-corrected chi connectivity index (χ4v) is 4.08. The molecule has 1 aromatic carbocycles. The molecule has 0 bridgehead atoms. The molecule has 1 atom stereocenters. The van der Waals surface area contributed by atoms with Gasteiger partial charge in [-0.1, -0.05) is 30.0 Å². The van der Waals surface area contributed by atoms with Gasteiger partial charge in [-0.3, -0.25) is 14.2 Å². The molecule has 2 aliphatic heterocycles. The fraction of sp³-hybridized carbons (Fsp3) is 0.312. The molecule has 0 saturated heterocycles. The summed E-state index contributed by atoms with van der Waals surface area (Å²) in [5.74, 6) is 0.588. The standard InChI is InChI=1S/C16H15N3O2S/c1-10-8-11-4-2-3-5-13(11)19(10)15(21)12-9-17-16-18(14(12)20)6-7-22-16/h2-5,9-10H,6-8H2,1H3/t10-/m1/s1. The summed E-state index contributed by atoms with van der Waals surface area (Å²) in [6, 6.07) is 7.91. The van der Waals surface area contributed by atoms with Crippen LogP contribution in [0.15, 0.2) is 40.4 Å². The molecule has 3 heterocycles. The van der Waals surface area contributed by atoms with E-state index in [1.165, 1.54) is 6.20 Å². The molecule has 0 saturated carbocycles. The van der Waals surface area contributed by atoms with Gasteiger partial charge >= 0.3 is 0 Å². The Labute approximate surface area is 132 Å². The van der Waals surface area contributed by atoms with E-state index in [2.05, 4.69) is 4.98 Å². The minimum atomic E-state index is -0.248. The van der Waals surface area contributed by atoms with Crippen molar-refractivity contribution in [2.75, 3.05) is 10.7 Å². The summed E-state index contributed by atoms with van der Waals surface area (Å²) < 4.78 is 1.60. The van der Waals surface area contributed by atoms with E-state index in [-0.39, 0.29) is 23.1 Å². The topological polar surface area (TPSA) is 55.2 Å². The summed E-state index contributed by atoms with van der Waals surface area (Å²) >= 11 is 1.55. The smallest absolute Gasteiger partial charge is 0.267 e. The van der Waals surface area contributed by atoms with Crippen LogP contribution in [0, 0.1) is 0 Å². The SMILES string of the molecule is C[C@@H]1Cc2ccccc2N1C(=O)c1cnc2n(c1=O)CCS2. The molecule has 1 amide bonds. The average Bonchev–Trinajstić information content (AvgIpc) is 3.10. The third kappa shape index (κ3) is 1.90. The highest BCUT2D eigenvalue weighted by Gasteiger charge is 2.33. The number of benzene rings is 1. The summed E-state index contributed by atoms with van der Waals surface area (Å²) in [4.78, 5) is 31.4. The highest BCUT2D eigenvalue weighted by molar-refractivity contribution is 7.99.